The summed E-state index contributed by atoms with van der Waals surface area (Å²) >= 11 is 3.57. The predicted octanol–water partition coefficient (Wildman–Crippen LogP) is 3.88. The number of halogens is 1. The van der Waals surface area contributed by atoms with Crippen LogP contribution in [0.3, 0.4) is 0 Å². The van der Waals surface area contributed by atoms with Crippen molar-refractivity contribution < 1.29 is 0 Å². The van der Waals surface area contributed by atoms with Crippen molar-refractivity contribution in [1.29, 1.82) is 0 Å². The fourth-order valence-corrected chi connectivity index (χ4v) is 3.46. The monoisotopic (exact) mass is 278 g/mol. The summed E-state index contributed by atoms with van der Waals surface area (Å²) in [7, 11) is 0. The summed E-state index contributed by atoms with van der Waals surface area (Å²) in [5.41, 5.74) is 3.94. The quantitative estimate of drug-likeness (QED) is 0.715. The average molecular weight is 279 g/mol. The van der Waals surface area contributed by atoms with Gasteiger partial charge in [0.15, 0.2) is 5.65 Å². The summed E-state index contributed by atoms with van der Waals surface area (Å²) in [4.78, 5) is 4.79. The minimum absolute atomic E-state index is 0.231. The predicted molar refractivity (Wildman–Crippen MR) is 69.0 cm³/mol. The van der Waals surface area contributed by atoms with Crippen LogP contribution in [0.1, 0.15) is 44.5 Å². The Morgan fingerprint density at radius 1 is 1.50 bits per heavy atom. The normalized spacial score (nSPS) is 22.6. The van der Waals surface area contributed by atoms with Gasteiger partial charge in [0.1, 0.15) is 0 Å². The molecule has 1 aliphatic rings. The van der Waals surface area contributed by atoms with E-state index in [4.69, 9.17) is 4.98 Å². The molecule has 0 saturated carbocycles. The second kappa shape index (κ2) is 3.10. The molecule has 2 heterocycles. The number of imidazole rings is 1. The topological polar surface area (TPSA) is 17.3 Å². The molecule has 3 rings (SSSR count). The van der Waals surface area contributed by atoms with Crippen molar-refractivity contribution in [2.45, 2.75) is 38.5 Å². The molecular formula is C13H15BrN2. The summed E-state index contributed by atoms with van der Waals surface area (Å²) < 4.78 is 3.32. The van der Waals surface area contributed by atoms with Crippen molar-refractivity contribution >= 4 is 21.6 Å². The van der Waals surface area contributed by atoms with Crippen LogP contribution in [0, 0.1) is 0 Å². The van der Waals surface area contributed by atoms with Crippen LogP contribution in [0.5, 0.6) is 0 Å². The van der Waals surface area contributed by atoms with Crippen molar-refractivity contribution in [2.24, 2.45) is 0 Å². The molecule has 1 atom stereocenters. The Bertz CT molecular complexity index is 569. The Morgan fingerprint density at radius 2 is 2.25 bits per heavy atom. The third-order valence-electron chi connectivity index (χ3n) is 3.55. The first-order valence-electron chi connectivity index (χ1n) is 5.67. The van der Waals surface area contributed by atoms with Crippen LogP contribution in [-0.4, -0.2) is 9.38 Å². The van der Waals surface area contributed by atoms with Crippen LogP contribution >= 0.6 is 15.9 Å². The summed E-state index contributed by atoms with van der Waals surface area (Å²) in [6.45, 7) is 6.89. The smallest absolute Gasteiger partial charge is 0.151 e. The Kier molecular flexibility index (Phi) is 2.00. The molecule has 0 aliphatic heterocycles. The van der Waals surface area contributed by atoms with Gasteiger partial charge in [-0.25, -0.2) is 4.98 Å². The van der Waals surface area contributed by atoms with E-state index in [1.165, 1.54) is 17.8 Å². The van der Waals surface area contributed by atoms with Gasteiger partial charge in [-0.1, -0.05) is 20.8 Å². The highest BCUT2D eigenvalue weighted by molar-refractivity contribution is 9.10. The first-order valence-corrected chi connectivity index (χ1v) is 6.47. The van der Waals surface area contributed by atoms with E-state index in [0.717, 1.165) is 10.1 Å². The van der Waals surface area contributed by atoms with Gasteiger partial charge in [-0.05, 0) is 34.5 Å². The van der Waals surface area contributed by atoms with Crippen molar-refractivity contribution in [2.75, 3.05) is 0 Å². The van der Waals surface area contributed by atoms with E-state index in [1.807, 2.05) is 0 Å². The number of pyridine rings is 1. The first-order chi connectivity index (χ1) is 7.50. The minimum Gasteiger partial charge on any atom is -0.302 e. The standard InChI is InChI=1S/C13H15BrN2/c1-8-7-13(2,3)11-10(8)15-12-9(14)5-4-6-16(11)12/h4-6,8H,7H2,1-3H3. The molecule has 1 unspecified atom stereocenters. The van der Waals surface area contributed by atoms with Gasteiger partial charge in [-0.3, -0.25) is 0 Å². The molecule has 0 radical (unpaired) electrons. The lowest BCUT2D eigenvalue weighted by Gasteiger charge is -2.19. The largest absolute Gasteiger partial charge is 0.302 e. The zero-order valence-corrected chi connectivity index (χ0v) is 11.4. The maximum Gasteiger partial charge on any atom is 0.151 e. The van der Waals surface area contributed by atoms with Crippen LogP contribution < -0.4 is 0 Å². The molecule has 0 bridgehead atoms. The molecule has 16 heavy (non-hydrogen) atoms. The average Bonchev–Trinajstić information content (AvgIpc) is 2.66. The Balaban J connectivity index is 2.42. The van der Waals surface area contributed by atoms with Crippen LogP contribution in [0.15, 0.2) is 22.8 Å². The van der Waals surface area contributed by atoms with Gasteiger partial charge in [-0.2, -0.15) is 0 Å². The molecule has 0 N–H and O–H groups in total. The maximum absolute atomic E-state index is 4.79. The third-order valence-corrected chi connectivity index (χ3v) is 4.17. The van der Waals surface area contributed by atoms with Crippen molar-refractivity contribution in [1.82, 2.24) is 9.38 Å². The van der Waals surface area contributed by atoms with Gasteiger partial charge >= 0.3 is 0 Å². The Labute approximate surface area is 104 Å². The third kappa shape index (κ3) is 1.21. The molecule has 2 nitrogen and oxygen atoms in total. The molecule has 2 aromatic heterocycles. The molecule has 3 heteroatoms. The van der Waals surface area contributed by atoms with Crippen LogP contribution in [0.4, 0.5) is 0 Å². The van der Waals surface area contributed by atoms with Gasteiger partial charge in [0.05, 0.1) is 15.9 Å². The van der Waals surface area contributed by atoms with E-state index in [9.17, 15) is 0 Å². The SMILES string of the molecule is CC1CC(C)(C)c2c1nc1c(Br)cccn21. The highest BCUT2D eigenvalue weighted by atomic mass is 79.9. The van der Waals surface area contributed by atoms with Crippen LogP contribution in [0.25, 0.3) is 5.65 Å². The second-order valence-corrected chi connectivity index (χ2v) is 6.24. The minimum atomic E-state index is 0.231. The molecule has 0 spiro atoms. The zero-order valence-electron chi connectivity index (χ0n) is 9.79. The zero-order chi connectivity index (χ0) is 11.5. The molecule has 84 valence electrons. The van der Waals surface area contributed by atoms with Crippen molar-refractivity contribution in [3.63, 3.8) is 0 Å². The van der Waals surface area contributed by atoms with Crippen LogP contribution in [-0.2, 0) is 5.41 Å². The molecule has 0 aromatic carbocycles. The van der Waals surface area contributed by atoms with E-state index in [-0.39, 0.29) is 5.41 Å². The molecule has 0 saturated heterocycles. The number of rotatable bonds is 0. The number of aromatic nitrogens is 2. The summed E-state index contributed by atoms with van der Waals surface area (Å²) in [5.74, 6) is 0.566. The van der Waals surface area contributed by atoms with E-state index in [1.54, 1.807) is 0 Å². The number of nitrogens with zero attached hydrogens (tertiary/aromatic N) is 2. The second-order valence-electron chi connectivity index (χ2n) is 5.38. The maximum atomic E-state index is 4.79. The lowest BCUT2D eigenvalue weighted by molar-refractivity contribution is 0.473. The van der Waals surface area contributed by atoms with Gasteiger partial charge in [0.25, 0.3) is 0 Å². The van der Waals surface area contributed by atoms with E-state index >= 15 is 0 Å². The molecule has 1 aliphatic carbocycles. The van der Waals surface area contributed by atoms with Crippen molar-refractivity contribution in [3.05, 3.63) is 34.2 Å². The highest BCUT2D eigenvalue weighted by Crippen LogP contribution is 2.45. The van der Waals surface area contributed by atoms with E-state index < -0.39 is 0 Å². The number of hydrogen-bond donors (Lipinski definition) is 0. The van der Waals surface area contributed by atoms with Gasteiger partial charge in [0, 0.05) is 17.5 Å². The highest BCUT2D eigenvalue weighted by Gasteiger charge is 2.39. The number of hydrogen-bond acceptors (Lipinski definition) is 1. The molecule has 2 aromatic rings. The van der Waals surface area contributed by atoms with Gasteiger partial charge in [-0.15, -0.1) is 0 Å². The molecule has 0 amide bonds. The number of fused-ring (bicyclic) bond motifs is 3. The Hall–Kier alpha value is -0.830. The fourth-order valence-electron chi connectivity index (χ4n) is 3.03. The summed E-state index contributed by atoms with van der Waals surface area (Å²) in [5, 5.41) is 0. The first kappa shape index (κ1) is 10.3. The lowest BCUT2D eigenvalue weighted by atomic mass is 9.89. The molecular weight excluding hydrogens is 264 g/mol. The lowest BCUT2D eigenvalue weighted by Crippen LogP contribution is -2.15. The van der Waals surface area contributed by atoms with E-state index in [2.05, 4.69) is 59.4 Å². The van der Waals surface area contributed by atoms with Gasteiger partial charge < -0.3 is 4.40 Å². The van der Waals surface area contributed by atoms with Crippen LogP contribution in [0.2, 0.25) is 0 Å². The summed E-state index contributed by atoms with van der Waals surface area (Å²) in [6.07, 6.45) is 3.31. The van der Waals surface area contributed by atoms with E-state index in [0.29, 0.717) is 5.92 Å². The summed E-state index contributed by atoms with van der Waals surface area (Å²) in [6, 6.07) is 4.12. The Morgan fingerprint density at radius 3 is 3.00 bits per heavy atom. The van der Waals surface area contributed by atoms with Crippen molar-refractivity contribution in [3.8, 4) is 0 Å². The van der Waals surface area contributed by atoms with Gasteiger partial charge in [0.2, 0.25) is 0 Å². The molecule has 0 fully saturated rings. The fraction of sp³-hybridized carbons (Fsp3) is 0.462.